The van der Waals surface area contributed by atoms with Gasteiger partial charge in [-0.15, -0.1) is 0 Å². The minimum atomic E-state index is -0.878. The molecule has 0 aliphatic rings. The predicted molar refractivity (Wildman–Crippen MR) is 266 cm³/mol. The molecule has 0 rings (SSSR count). The van der Waals surface area contributed by atoms with Gasteiger partial charge in [-0.1, -0.05) is 184 Å². The average molecular weight is 885 g/mol. The highest BCUT2D eigenvalue weighted by Crippen LogP contribution is 2.15. The molecule has 0 fully saturated rings. The van der Waals surface area contributed by atoms with E-state index in [9.17, 15) is 19.5 Å². The number of rotatable bonds is 46. The number of hydrogen-bond acceptors (Lipinski definition) is 6. The molecular formula is C55H98NO7+. The van der Waals surface area contributed by atoms with E-state index in [1.54, 1.807) is 0 Å². The molecule has 2 unspecified atom stereocenters. The zero-order valence-electron chi connectivity index (χ0n) is 41.5. The van der Waals surface area contributed by atoms with E-state index in [4.69, 9.17) is 14.2 Å². The van der Waals surface area contributed by atoms with Gasteiger partial charge in [0.25, 0.3) is 0 Å². The van der Waals surface area contributed by atoms with Crippen LogP contribution in [0.5, 0.6) is 0 Å². The van der Waals surface area contributed by atoms with Gasteiger partial charge in [0.2, 0.25) is 0 Å². The lowest BCUT2D eigenvalue weighted by Crippen LogP contribution is -2.50. The average Bonchev–Trinajstić information content (AvgIpc) is 3.24. The van der Waals surface area contributed by atoms with Crippen molar-refractivity contribution in [2.75, 3.05) is 41.0 Å². The first-order valence-electron chi connectivity index (χ1n) is 25.8. The summed E-state index contributed by atoms with van der Waals surface area (Å²) < 4.78 is 17.4. The summed E-state index contributed by atoms with van der Waals surface area (Å²) in [5, 5.41) is 9.66. The van der Waals surface area contributed by atoms with Crippen LogP contribution in [0.25, 0.3) is 0 Å². The number of carbonyl (C=O) groups is 3. The maximum absolute atomic E-state index is 12.8. The van der Waals surface area contributed by atoms with Gasteiger partial charge in [-0.05, 0) is 77.0 Å². The first-order valence-corrected chi connectivity index (χ1v) is 25.8. The van der Waals surface area contributed by atoms with Crippen molar-refractivity contribution in [3.05, 3.63) is 60.8 Å². The minimum Gasteiger partial charge on any atom is -0.477 e. The van der Waals surface area contributed by atoms with Crippen molar-refractivity contribution >= 4 is 17.9 Å². The second-order valence-corrected chi connectivity index (χ2v) is 18.4. The number of carboxylic acid groups (broad SMARTS) is 1. The largest absolute Gasteiger partial charge is 0.477 e. The van der Waals surface area contributed by atoms with E-state index in [0.29, 0.717) is 19.3 Å². The van der Waals surface area contributed by atoms with E-state index in [-0.39, 0.29) is 36.2 Å². The van der Waals surface area contributed by atoms with Gasteiger partial charge in [0.1, 0.15) is 6.61 Å². The summed E-state index contributed by atoms with van der Waals surface area (Å²) in [5.41, 5.74) is 0. The molecule has 1 N–H and O–H groups in total. The Morgan fingerprint density at radius 1 is 0.492 bits per heavy atom. The second kappa shape index (κ2) is 45.6. The highest BCUT2D eigenvalue weighted by molar-refractivity contribution is 5.72. The zero-order valence-corrected chi connectivity index (χ0v) is 41.5. The smallest absolute Gasteiger partial charge is 0.362 e. The molecule has 0 aliphatic carbocycles. The maximum Gasteiger partial charge on any atom is 0.362 e. The van der Waals surface area contributed by atoms with E-state index in [0.717, 1.165) is 77.0 Å². The first-order chi connectivity index (χ1) is 30.6. The molecular weight excluding hydrogens is 787 g/mol. The van der Waals surface area contributed by atoms with Crippen molar-refractivity contribution in [2.24, 2.45) is 0 Å². The molecule has 63 heavy (non-hydrogen) atoms. The Bertz CT molecular complexity index is 1210. The normalized spacial score (nSPS) is 13.3. The number of allylic oxidation sites excluding steroid dienone is 10. The molecule has 0 heterocycles. The molecule has 8 nitrogen and oxygen atoms in total. The number of carbonyl (C=O) groups excluding carboxylic acids is 2. The van der Waals surface area contributed by atoms with Gasteiger partial charge in [-0.25, -0.2) is 4.79 Å². The Labute approximate surface area is 388 Å². The topological polar surface area (TPSA) is 99.1 Å². The van der Waals surface area contributed by atoms with Crippen LogP contribution in [0.1, 0.15) is 219 Å². The summed E-state index contributed by atoms with van der Waals surface area (Å²) in [6, 6.07) is -0.620. The van der Waals surface area contributed by atoms with Crippen LogP contribution in [-0.2, 0) is 28.6 Å². The van der Waals surface area contributed by atoms with Crippen LogP contribution < -0.4 is 0 Å². The van der Waals surface area contributed by atoms with Crippen LogP contribution in [0.15, 0.2) is 60.8 Å². The molecule has 8 heteroatoms. The van der Waals surface area contributed by atoms with Crippen LogP contribution in [-0.4, -0.2) is 80.6 Å². The summed E-state index contributed by atoms with van der Waals surface area (Å²) in [5.74, 6) is -1.48. The van der Waals surface area contributed by atoms with Crippen molar-refractivity contribution < 1.29 is 38.2 Å². The lowest BCUT2D eigenvalue weighted by Gasteiger charge is -2.31. The molecule has 0 aromatic heterocycles. The van der Waals surface area contributed by atoms with Crippen LogP contribution in [0.2, 0.25) is 0 Å². The quantitative estimate of drug-likeness (QED) is 0.0281. The van der Waals surface area contributed by atoms with Gasteiger partial charge in [-0.3, -0.25) is 9.59 Å². The number of likely N-dealkylation sites (N-methyl/N-ethyl adjacent to an activating group) is 1. The first kappa shape index (κ1) is 60.0. The molecule has 0 bridgehead atoms. The number of ether oxygens (including phenoxy) is 3. The lowest BCUT2D eigenvalue weighted by molar-refractivity contribution is -0.887. The fourth-order valence-electron chi connectivity index (χ4n) is 7.43. The van der Waals surface area contributed by atoms with Gasteiger partial charge >= 0.3 is 17.9 Å². The Morgan fingerprint density at radius 3 is 1.33 bits per heavy atom. The number of unbranched alkanes of at least 4 members (excludes halogenated alkanes) is 22. The van der Waals surface area contributed by atoms with Crippen molar-refractivity contribution in [2.45, 2.75) is 231 Å². The number of nitrogens with zero attached hydrogens (tertiary/aromatic N) is 1. The van der Waals surface area contributed by atoms with Crippen LogP contribution in [0.4, 0.5) is 0 Å². The molecule has 364 valence electrons. The van der Waals surface area contributed by atoms with Gasteiger partial charge in [0, 0.05) is 19.3 Å². The summed E-state index contributed by atoms with van der Waals surface area (Å²) >= 11 is 0. The van der Waals surface area contributed by atoms with E-state index >= 15 is 0 Å². The van der Waals surface area contributed by atoms with Crippen molar-refractivity contribution in [3.63, 3.8) is 0 Å². The van der Waals surface area contributed by atoms with Crippen molar-refractivity contribution in [3.8, 4) is 0 Å². The summed E-state index contributed by atoms with van der Waals surface area (Å²) in [7, 11) is 5.53. The Morgan fingerprint density at radius 2 is 0.889 bits per heavy atom. The minimum absolute atomic E-state index is 0.0540. The highest BCUT2D eigenvalue weighted by Gasteiger charge is 2.31. The zero-order chi connectivity index (χ0) is 46.3. The predicted octanol–water partition coefficient (Wildman–Crippen LogP) is 14.9. The van der Waals surface area contributed by atoms with Crippen molar-refractivity contribution in [1.29, 1.82) is 0 Å². The van der Waals surface area contributed by atoms with Gasteiger partial charge < -0.3 is 23.8 Å². The van der Waals surface area contributed by atoms with E-state index in [2.05, 4.69) is 74.6 Å². The van der Waals surface area contributed by atoms with E-state index < -0.39 is 18.1 Å². The lowest BCUT2D eigenvalue weighted by atomic mass is 10.1. The number of esters is 2. The number of quaternary nitrogens is 1. The third-order valence-corrected chi connectivity index (χ3v) is 11.4. The fourth-order valence-corrected chi connectivity index (χ4v) is 7.43. The summed E-state index contributed by atoms with van der Waals surface area (Å²) in [6.07, 6.45) is 56.9. The summed E-state index contributed by atoms with van der Waals surface area (Å²) in [6.45, 7) is 4.62. The highest BCUT2D eigenvalue weighted by atomic mass is 16.6. The molecule has 0 amide bonds. The third kappa shape index (κ3) is 44.0. The number of aliphatic carboxylic acids is 1. The maximum atomic E-state index is 12.8. The molecule has 0 saturated carbocycles. The van der Waals surface area contributed by atoms with Crippen LogP contribution in [0, 0.1) is 0 Å². The van der Waals surface area contributed by atoms with Gasteiger partial charge in [0.05, 0.1) is 34.4 Å². The third-order valence-electron chi connectivity index (χ3n) is 11.4. The Kier molecular flexibility index (Phi) is 43.4. The number of carboxylic acids is 1. The number of hydrogen-bond donors (Lipinski definition) is 1. The second-order valence-electron chi connectivity index (χ2n) is 18.4. The van der Waals surface area contributed by atoms with Crippen LogP contribution >= 0.6 is 0 Å². The van der Waals surface area contributed by atoms with Gasteiger partial charge in [0.15, 0.2) is 12.1 Å². The summed E-state index contributed by atoms with van der Waals surface area (Å²) in [4.78, 5) is 37.2. The van der Waals surface area contributed by atoms with Crippen molar-refractivity contribution in [1.82, 2.24) is 0 Å². The molecule has 0 radical (unpaired) electrons. The molecule has 0 saturated heterocycles. The standard InChI is InChI=1S/C55H97NO7/c1-6-8-10-12-14-16-18-20-22-24-26-28-30-32-34-36-38-40-42-44-46-54(58)63-51(49-61-48-47-52(55(59)60)56(3,4)5)50-62-53(57)45-43-41-39-37-35-33-31-29-27-25-23-21-19-17-15-13-11-9-7-2/h8,10,14,16,20,22,25-28,51-52H,6-7,9,11-13,15,17-19,21,23-24,29-50H2,1-5H3/p+1/b10-8+,16-14+,22-20+,27-25+,28-26+. The molecule has 0 aromatic carbocycles. The Hall–Kier alpha value is -2.97. The molecule has 2 atom stereocenters. The Balaban J connectivity index is 4.27. The SMILES string of the molecule is CC/C=C/C/C=C/C/C=C/C/C=C/CCCCCCCCCC(=O)OC(COCCC(C(=O)O)[N+](C)(C)C)COC(=O)CCCCCCCCC/C=C/CCCCCCCCCC. The molecule has 0 aromatic rings. The van der Waals surface area contributed by atoms with E-state index in [1.165, 1.54) is 109 Å². The fraction of sp³-hybridized carbons (Fsp3) is 0.764. The molecule has 0 spiro atoms. The van der Waals surface area contributed by atoms with Gasteiger partial charge in [-0.2, -0.15) is 0 Å². The molecule has 0 aliphatic heterocycles. The van der Waals surface area contributed by atoms with E-state index in [1.807, 2.05) is 21.1 Å². The monoisotopic (exact) mass is 885 g/mol. The van der Waals surface area contributed by atoms with Crippen LogP contribution in [0.3, 0.4) is 0 Å².